The molecule has 7 heteroatoms. The van der Waals surface area contributed by atoms with Gasteiger partial charge in [-0.05, 0) is 49.0 Å². The lowest BCUT2D eigenvalue weighted by Gasteiger charge is -2.40. The number of likely N-dealkylation sites (tertiary alicyclic amines) is 1. The monoisotopic (exact) mass is 429 g/mol. The lowest BCUT2D eigenvalue weighted by Crippen LogP contribution is -2.55. The molecule has 1 fully saturated rings. The number of hydrogen-bond acceptors (Lipinski definition) is 4. The van der Waals surface area contributed by atoms with E-state index in [1.165, 1.54) is 0 Å². The molecule has 1 amide bonds. The van der Waals surface area contributed by atoms with Gasteiger partial charge >= 0.3 is 0 Å². The largest absolute Gasteiger partial charge is 0.350 e. The number of nitrogens with one attached hydrogen (secondary N) is 2. The Morgan fingerprint density at radius 3 is 2.23 bits per heavy atom. The highest BCUT2D eigenvalue weighted by molar-refractivity contribution is 7.88. The van der Waals surface area contributed by atoms with Crippen LogP contribution in [0, 0.1) is 0 Å². The maximum Gasteiger partial charge on any atom is 0.245 e. The molecule has 1 heterocycles. The highest BCUT2D eigenvalue weighted by Crippen LogP contribution is 2.35. The molecule has 1 unspecified atom stereocenters. The van der Waals surface area contributed by atoms with E-state index in [-0.39, 0.29) is 12.5 Å². The summed E-state index contributed by atoms with van der Waals surface area (Å²) in [4.78, 5) is 15.9. The van der Waals surface area contributed by atoms with Crippen LogP contribution in [0.15, 0.2) is 54.6 Å². The third kappa shape index (κ3) is 5.28. The van der Waals surface area contributed by atoms with Gasteiger partial charge in [0, 0.05) is 13.1 Å². The minimum atomic E-state index is -3.25. The summed E-state index contributed by atoms with van der Waals surface area (Å²) in [6, 6.07) is 17.6. The Kier molecular flexibility index (Phi) is 7.28. The molecule has 1 aliphatic heterocycles. The number of benzene rings is 2. The molecule has 0 saturated carbocycles. The van der Waals surface area contributed by atoms with Gasteiger partial charge in [-0.15, -0.1) is 0 Å². The van der Waals surface area contributed by atoms with Crippen LogP contribution >= 0.6 is 0 Å². The van der Waals surface area contributed by atoms with E-state index in [0.29, 0.717) is 13.0 Å². The molecule has 2 N–H and O–H groups in total. The summed E-state index contributed by atoms with van der Waals surface area (Å²) >= 11 is 0. The van der Waals surface area contributed by atoms with Gasteiger partial charge in [-0.1, -0.05) is 61.5 Å². The van der Waals surface area contributed by atoms with E-state index in [2.05, 4.69) is 21.9 Å². The second-order valence-corrected chi connectivity index (χ2v) is 9.70. The van der Waals surface area contributed by atoms with E-state index < -0.39 is 15.6 Å². The van der Waals surface area contributed by atoms with Gasteiger partial charge in [0.2, 0.25) is 15.9 Å². The minimum absolute atomic E-state index is 0.0118. The molecule has 0 bridgehead atoms. The molecule has 162 valence electrons. The molecule has 6 nitrogen and oxygen atoms in total. The first-order valence-corrected chi connectivity index (χ1v) is 12.4. The number of sulfonamides is 1. The predicted octanol–water partition coefficient (Wildman–Crippen LogP) is 2.75. The van der Waals surface area contributed by atoms with Crippen LogP contribution in [0.5, 0.6) is 0 Å². The van der Waals surface area contributed by atoms with Crippen molar-refractivity contribution in [2.45, 2.75) is 44.8 Å². The number of carbonyl (C=O) groups is 1. The summed E-state index contributed by atoms with van der Waals surface area (Å²) in [5.74, 6) is 0.0118. The van der Waals surface area contributed by atoms with Crippen LogP contribution in [0.3, 0.4) is 0 Å². The fourth-order valence-electron chi connectivity index (χ4n) is 4.25. The summed E-state index contributed by atoms with van der Waals surface area (Å²) in [6.07, 6.45) is 4.05. The average Bonchev–Trinajstić information content (AvgIpc) is 3.27. The summed E-state index contributed by atoms with van der Waals surface area (Å²) in [5.41, 5.74) is 2.15. The first kappa shape index (κ1) is 22.5. The molecule has 1 atom stereocenters. The zero-order chi connectivity index (χ0) is 21.6. The Morgan fingerprint density at radius 2 is 1.63 bits per heavy atom. The summed E-state index contributed by atoms with van der Waals surface area (Å²) in [6.45, 7) is 4.54. The van der Waals surface area contributed by atoms with Crippen molar-refractivity contribution < 1.29 is 13.2 Å². The van der Waals surface area contributed by atoms with Crippen LogP contribution in [-0.2, 0) is 33.4 Å². The Morgan fingerprint density at radius 1 is 1.00 bits per heavy atom. The fourth-order valence-corrected chi connectivity index (χ4v) is 4.68. The predicted molar refractivity (Wildman–Crippen MR) is 119 cm³/mol. The van der Waals surface area contributed by atoms with E-state index in [0.717, 1.165) is 48.9 Å². The summed E-state index contributed by atoms with van der Waals surface area (Å²) < 4.78 is 25.2. The van der Waals surface area contributed by atoms with Crippen LogP contribution in [0.2, 0.25) is 0 Å². The maximum absolute atomic E-state index is 13.6. The minimum Gasteiger partial charge on any atom is -0.350 e. The molecular weight excluding hydrogens is 398 g/mol. The van der Waals surface area contributed by atoms with E-state index >= 15 is 0 Å². The van der Waals surface area contributed by atoms with Crippen LogP contribution < -0.4 is 10.0 Å². The number of nitrogens with zero attached hydrogens (tertiary/aromatic N) is 1. The zero-order valence-electron chi connectivity index (χ0n) is 17.7. The van der Waals surface area contributed by atoms with Gasteiger partial charge in [-0.25, -0.2) is 13.1 Å². The molecule has 2 aromatic carbocycles. The highest BCUT2D eigenvalue weighted by Gasteiger charge is 2.44. The second-order valence-electron chi connectivity index (χ2n) is 7.87. The normalized spacial score (nSPS) is 16.9. The van der Waals surface area contributed by atoms with Crippen LogP contribution in [-0.4, -0.2) is 38.6 Å². The smallest absolute Gasteiger partial charge is 0.245 e. The van der Waals surface area contributed by atoms with Crippen molar-refractivity contribution in [1.82, 2.24) is 14.9 Å². The van der Waals surface area contributed by atoms with Gasteiger partial charge in [0.1, 0.15) is 5.54 Å². The Hall–Kier alpha value is -2.22. The van der Waals surface area contributed by atoms with Gasteiger partial charge in [0.25, 0.3) is 0 Å². The topological polar surface area (TPSA) is 78.5 Å². The molecule has 30 heavy (non-hydrogen) atoms. The number of amides is 1. The zero-order valence-corrected chi connectivity index (χ0v) is 18.5. The third-order valence-electron chi connectivity index (χ3n) is 5.77. The van der Waals surface area contributed by atoms with Gasteiger partial charge in [0.15, 0.2) is 0 Å². The van der Waals surface area contributed by atoms with Crippen molar-refractivity contribution in [1.29, 1.82) is 0 Å². The van der Waals surface area contributed by atoms with Crippen LogP contribution in [0.1, 0.15) is 42.9 Å². The molecule has 0 aromatic heterocycles. The molecule has 0 spiro atoms. The Bertz CT molecular complexity index is 957. The van der Waals surface area contributed by atoms with Gasteiger partial charge in [-0.3, -0.25) is 9.69 Å². The van der Waals surface area contributed by atoms with E-state index in [9.17, 15) is 13.2 Å². The Balaban J connectivity index is 1.77. The van der Waals surface area contributed by atoms with Crippen LogP contribution in [0.25, 0.3) is 0 Å². The van der Waals surface area contributed by atoms with Crippen LogP contribution in [0.4, 0.5) is 0 Å². The van der Waals surface area contributed by atoms with Crippen molar-refractivity contribution in [3.05, 3.63) is 71.3 Å². The first-order valence-electron chi connectivity index (χ1n) is 10.5. The molecule has 0 aliphatic carbocycles. The standard InChI is InChI=1S/C23H31N3O3S/c1-3-23(26-14-7-8-15-26,21-12-5-4-6-13-21)22(27)24-17-19-10-9-11-20(16-19)18-25-30(2,28)29/h4-6,9-13,16,25H,3,7-8,14-15,17-18H2,1-2H3,(H,24,27). The summed E-state index contributed by atoms with van der Waals surface area (Å²) in [5, 5.41) is 3.15. The highest BCUT2D eigenvalue weighted by atomic mass is 32.2. The van der Waals surface area contributed by atoms with Gasteiger partial charge in [-0.2, -0.15) is 0 Å². The second kappa shape index (κ2) is 9.73. The number of hydrogen-bond donors (Lipinski definition) is 2. The van der Waals surface area contributed by atoms with Crippen molar-refractivity contribution in [3.8, 4) is 0 Å². The van der Waals surface area contributed by atoms with E-state index in [1.807, 2.05) is 54.6 Å². The van der Waals surface area contributed by atoms with Crippen molar-refractivity contribution in [2.75, 3.05) is 19.3 Å². The Labute approximate surface area is 179 Å². The third-order valence-corrected chi connectivity index (χ3v) is 6.44. The fraction of sp³-hybridized carbons (Fsp3) is 0.435. The van der Waals surface area contributed by atoms with Crippen molar-refractivity contribution in [3.63, 3.8) is 0 Å². The molecule has 1 aliphatic rings. The van der Waals surface area contributed by atoms with Crippen molar-refractivity contribution in [2.24, 2.45) is 0 Å². The van der Waals surface area contributed by atoms with Gasteiger partial charge < -0.3 is 5.32 Å². The lowest BCUT2D eigenvalue weighted by atomic mass is 9.84. The quantitative estimate of drug-likeness (QED) is 0.643. The van der Waals surface area contributed by atoms with Crippen molar-refractivity contribution >= 4 is 15.9 Å². The average molecular weight is 430 g/mol. The van der Waals surface area contributed by atoms with E-state index in [4.69, 9.17) is 0 Å². The number of rotatable bonds is 9. The molecule has 1 saturated heterocycles. The van der Waals surface area contributed by atoms with Gasteiger partial charge in [0.05, 0.1) is 6.26 Å². The van der Waals surface area contributed by atoms with E-state index in [1.54, 1.807) is 0 Å². The lowest BCUT2D eigenvalue weighted by molar-refractivity contribution is -0.134. The number of carbonyl (C=O) groups excluding carboxylic acids is 1. The SMILES string of the molecule is CCC(C(=O)NCc1cccc(CNS(C)(=O)=O)c1)(c1ccccc1)N1CCCC1. The molecule has 3 rings (SSSR count). The summed E-state index contributed by atoms with van der Waals surface area (Å²) in [7, 11) is -3.25. The first-order chi connectivity index (χ1) is 14.3. The molecule has 0 radical (unpaired) electrons. The molecular formula is C23H31N3O3S. The molecule has 2 aromatic rings. The maximum atomic E-state index is 13.6.